The Bertz CT molecular complexity index is 605. The predicted molar refractivity (Wildman–Crippen MR) is 84.6 cm³/mol. The summed E-state index contributed by atoms with van der Waals surface area (Å²) in [7, 11) is 0. The van der Waals surface area contributed by atoms with Crippen LogP contribution in [0.5, 0.6) is 0 Å². The van der Waals surface area contributed by atoms with Crippen molar-refractivity contribution in [3.63, 3.8) is 0 Å². The Labute approximate surface area is 127 Å². The van der Waals surface area contributed by atoms with Crippen LogP contribution in [-0.4, -0.2) is 11.7 Å². The first-order valence-corrected chi connectivity index (χ1v) is 7.68. The van der Waals surface area contributed by atoms with E-state index in [0.29, 0.717) is 6.54 Å². The van der Waals surface area contributed by atoms with Crippen molar-refractivity contribution in [3.8, 4) is 0 Å². The van der Waals surface area contributed by atoms with E-state index in [4.69, 9.17) is 5.73 Å². The lowest BCUT2D eigenvalue weighted by atomic mass is 9.92. The number of hydrogen-bond acceptors (Lipinski definition) is 2. The highest BCUT2D eigenvalue weighted by atomic mass is 79.9. The van der Waals surface area contributed by atoms with Gasteiger partial charge in [-0.3, -0.25) is 0 Å². The van der Waals surface area contributed by atoms with Gasteiger partial charge in [0.1, 0.15) is 6.10 Å². The topological polar surface area (TPSA) is 46.2 Å². The third-order valence-electron chi connectivity index (χ3n) is 4.24. The van der Waals surface area contributed by atoms with Gasteiger partial charge in [-0.25, -0.2) is 0 Å². The second-order valence-electron chi connectivity index (χ2n) is 5.56. The van der Waals surface area contributed by atoms with Crippen molar-refractivity contribution in [2.24, 2.45) is 5.73 Å². The first kappa shape index (κ1) is 13.8. The average Bonchev–Trinajstić information content (AvgIpc) is 3.29. The van der Waals surface area contributed by atoms with E-state index in [1.54, 1.807) is 0 Å². The molecule has 2 aromatic rings. The van der Waals surface area contributed by atoms with Gasteiger partial charge in [0.15, 0.2) is 0 Å². The van der Waals surface area contributed by atoms with Gasteiger partial charge >= 0.3 is 0 Å². The van der Waals surface area contributed by atoms with E-state index in [9.17, 15) is 5.11 Å². The summed E-state index contributed by atoms with van der Waals surface area (Å²) in [6, 6.07) is 16.0. The summed E-state index contributed by atoms with van der Waals surface area (Å²) < 4.78 is 1.02. The summed E-state index contributed by atoms with van der Waals surface area (Å²) in [6.45, 7) is 0.685. The van der Waals surface area contributed by atoms with Crippen molar-refractivity contribution in [3.05, 3.63) is 69.7 Å². The molecule has 3 heteroatoms. The Kier molecular flexibility index (Phi) is 3.67. The first-order valence-electron chi connectivity index (χ1n) is 6.89. The third-order valence-corrected chi connectivity index (χ3v) is 4.77. The molecule has 1 fully saturated rings. The van der Waals surface area contributed by atoms with Gasteiger partial charge in [0.2, 0.25) is 0 Å². The minimum Gasteiger partial charge on any atom is -0.384 e. The molecule has 3 rings (SSSR count). The molecule has 1 saturated carbocycles. The predicted octanol–water partition coefficient (Wildman–Crippen LogP) is 3.52. The summed E-state index contributed by atoms with van der Waals surface area (Å²) in [6.07, 6.45) is 1.72. The molecule has 1 unspecified atom stereocenters. The molecule has 0 amide bonds. The van der Waals surface area contributed by atoms with Gasteiger partial charge in [0.25, 0.3) is 0 Å². The molecule has 1 aliphatic rings. The second kappa shape index (κ2) is 5.32. The van der Waals surface area contributed by atoms with Gasteiger partial charge in [-0.2, -0.15) is 0 Å². The van der Waals surface area contributed by atoms with E-state index in [-0.39, 0.29) is 5.41 Å². The summed E-state index contributed by atoms with van der Waals surface area (Å²) >= 11 is 3.41. The molecule has 1 aliphatic carbocycles. The Morgan fingerprint density at radius 1 is 1.10 bits per heavy atom. The molecule has 0 heterocycles. The zero-order chi connectivity index (χ0) is 14.2. The maximum Gasteiger partial charge on any atom is 0.104 e. The molecule has 0 aromatic heterocycles. The van der Waals surface area contributed by atoms with Gasteiger partial charge in [-0.15, -0.1) is 0 Å². The van der Waals surface area contributed by atoms with Crippen LogP contribution in [0.1, 0.15) is 35.6 Å². The monoisotopic (exact) mass is 331 g/mol. The molecular formula is C17H18BrNO. The minimum absolute atomic E-state index is 0.162. The van der Waals surface area contributed by atoms with Gasteiger partial charge in [0.05, 0.1) is 0 Å². The molecule has 3 N–H and O–H groups in total. The molecule has 0 spiro atoms. The number of aliphatic hydroxyl groups is 1. The van der Waals surface area contributed by atoms with Crippen molar-refractivity contribution in [1.29, 1.82) is 0 Å². The fraction of sp³-hybridized carbons (Fsp3) is 0.294. The lowest BCUT2D eigenvalue weighted by Crippen LogP contribution is -2.20. The Morgan fingerprint density at radius 2 is 1.80 bits per heavy atom. The van der Waals surface area contributed by atoms with Crippen LogP contribution in [-0.2, 0) is 5.41 Å². The smallest absolute Gasteiger partial charge is 0.104 e. The molecule has 1 atom stereocenters. The highest BCUT2D eigenvalue weighted by molar-refractivity contribution is 9.10. The summed E-state index contributed by atoms with van der Waals surface area (Å²) in [5.74, 6) is 0. The third kappa shape index (κ3) is 2.53. The quantitative estimate of drug-likeness (QED) is 0.900. The van der Waals surface area contributed by atoms with Crippen molar-refractivity contribution in [2.45, 2.75) is 24.4 Å². The molecule has 2 aromatic carbocycles. The van der Waals surface area contributed by atoms with Gasteiger partial charge in [-0.05, 0) is 41.7 Å². The minimum atomic E-state index is -0.586. The van der Waals surface area contributed by atoms with Crippen LogP contribution in [0, 0.1) is 0 Å². The molecular weight excluding hydrogens is 314 g/mol. The van der Waals surface area contributed by atoms with E-state index in [0.717, 1.165) is 28.4 Å². The van der Waals surface area contributed by atoms with Gasteiger partial charge < -0.3 is 10.8 Å². The number of hydrogen-bond donors (Lipinski definition) is 2. The second-order valence-corrected chi connectivity index (χ2v) is 6.48. The van der Waals surface area contributed by atoms with E-state index >= 15 is 0 Å². The molecule has 0 aliphatic heterocycles. The van der Waals surface area contributed by atoms with Crippen LogP contribution in [0.2, 0.25) is 0 Å². The number of nitrogens with two attached hydrogens (primary N) is 1. The molecule has 2 nitrogen and oxygen atoms in total. The maximum absolute atomic E-state index is 10.5. The van der Waals surface area contributed by atoms with Crippen molar-refractivity contribution >= 4 is 15.9 Å². The molecule has 104 valence electrons. The standard InChI is InChI=1S/C17H18BrNO/c18-15-6-4-12(5-7-15)16(20)13-2-1-3-14(10-13)17(11-19)8-9-17/h1-7,10,16,20H,8-9,11,19H2. The molecule has 0 saturated heterocycles. The van der Waals surface area contributed by atoms with Crippen LogP contribution in [0.25, 0.3) is 0 Å². The fourth-order valence-electron chi connectivity index (χ4n) is 2.64. The van der Waals surface area contributed by atoms with Gasteiger partial charge in [-0.1, -0.05) is 52.3 Å². The lowest BCUT2D eigenvalue weighted by Gasteiger charge is -2.17. The van der Waals surface area contributed by atoms with Crippen molar-refractivity contribution in [1.82, 2.24) is 0 Å². The van der Waals surface area contributed by atoms with Crippen LogP contribution in [0.15, 0.2) is 53.0 Å². The maximum atomic E-state index is 10.5. The van der Waals surface area contributed by atoms with Crippen LogP contribution < -0.4 is 5.73 Å². The Morgan fingerprint density at radius 3 is 2.40 bits per heavy atom. The highest BCUT2D eigenvalue weighted by Gasteiger charge is 2.42. The van der Waals surface area contributed by atoms with E-state index < -0.39 is 6.10 Å². The Hall–Kier alpha value is -1.16. The van der Waals surface area contributed by atoms with E-state index in [1.165, 1.54) is 5.56 Å². The summed E-state index contributed by atoms with van der Waals surface area (Å²) in [5.41, 5.74) is 9.15. The SMILES string of the molecule is NCC1(c2cccc(C(O)c3ccc(Br)cc3)c2)CC1. The van der Waals surface area contributed by atoms with Crippen molar-refractivity contribution < 1.29 is 5.11 Å². The highest BCUT2D eigenvalue weighted by Crippen LogP contribution is 2.47. The zero-order valence-electron chi connectivity index (χ0n) is 11.2. The summed E-state index contributed by atoms with van der Waals surface area (Å²) in [4.78, 5) is 0. The van der Waals surface area contributed by atoms with Gasteiger partial charge in [0, 0.05) is 16.4 Å². The normalized spacial score (nSPS) is 17.8. The average molecular weight is 332 g/mol. The number of rotatable bonds is 4. The largest absolute Gasteiger partial charge is 0.384 e. The number of aliphatic hydroxyl groups excluding tert-OH is 1. The Balaban J connectivity index is 1.90. The fourth-order valence-corrected chi connectivity index (χ4v) is 2.90. The first-order chi connectivity index (χ1) is 9.64. The zero-order valence-corrected chi connectivity index (χ0v) is 12.8. The lowest BCUT2D eigenvalue weighted by molar-refractivity contribution is 0.220. The number of benzene rings is 2. The molecule has 0 bridgehead atoms. The van der Waals surface area contributed by atoms with E-state index in [2.05, 4.69) is 28.1 Å². The van der Waals surface area contributed by atoms with Crippen LogP contribution in [0.4, 0.5) is 0 Å². The summed E-state index contributed by atoms with van der Waals surface area (Å²) in [5, 5.41) is 10.5. The van der Waals surface area contributed by atoms with Crippen LogP contribution in [0.3, 0.4) is 0 Å². The number of halogens is 1. The van der Waals surface area contributed by atoms with Crippen LogP contribution >= 0.6 is 15.9 Å². The molecule has 20 heavy (non-hydrogen) atoms. The molecule has 0 radical (unpaired) electrons. The van der Waals surface area contributed by atoms with Crippen molar-refractivity contribution in [2.75, 3.05) is 6.54 Å². The van der Waals surface area contributed by atoms with E-state index in [1.807, 2.05) is 36.4 Å².